The summed E-state index contributed by atoms with van der Waals surface area (Å²) < 4.78 is 29.2. The molecule has 3 rings (SSSR count). The van der Waals surface area contributed by atoms with Gasteiger partial charge in [0.25, 0.3) is 5.91 Å². The van der Waals surface area contributed by atoms with Crippen LogP contribution in [0.3, 0.4) is 0 Å². The first-order chi connectivity index (χ1) is 12.0. The Bertz CT molecular complexity index is 746. The summed E-state index contributed by atoms with van der Waals surface area (Å²) in [6.45, 7) is 1.24. The van der Waals surface area contributed by atoms with Gasteiger partial charge in [-0.15, -0.1) is 0 Å². The maximum absolute atomic E-state index is 13.0. The lowest BCUT2D eigenvalue weighted by atomic mass is 10.2. The Morgan fingerprint density at radius 3 is 3.08 bits per heavy atom. The van der Waals surface area contributed by atoms with Gasteiger partial charge >= 0.3 is 0 Å². The summed E-state index contributed by atoms with van der Waals surface area (Å²) in [6, 6.07) is 3.81. The number of aromatic nitrogens is 1. The Hall–Kier alpha value is -2.12. The zero-order valence-electron chi connectivity index (χ0n) is 13.7. The smallest absolute Gasteiger partial charge is 0.275 e. The van der Waals surface area contributed by atoms with Crippen LogP contribution in [0, 0.1) is 5.82 Å². The van der Waals surface area contributed by atoms with Crippen LogP contribution in [0.15, 0.2) is 28.9 Å². The van der Waals surface area contributed by atoms with Crippen LogP contribution in [0.5, 0.6) is 5.75 Å². The molecule has 0 unspecified atom stereocenters. The molecular formula is C17H18ClFN2O4. The molecule has 0 saturated carbocycles. The molecule has 0 aliphatic carbocycles. The molecule has 2 heterocycles. The number of halogens is 2. The summed E-state index contributed by atoms with van der Waals surface area (Å²) in [5.41, 5.74) is 0.198. The molecule has 1 saturated heterocycles. The van der Waals surface area contributed by atoms with Gasteiger partial charge in [0.05, 0.1) is 11.1 Å². The molecule has 1 fully saturated rings. The molecular weight excluding hydrogens is 351 g/mol. The van der Waals surface area contributed by atoms with Crippen molar-refractivity contribution in [1.29, 1.82) is 0 Å². The average molecular weight is 369 g/mol. The quantitative estimate of drug-likeness (QED) is 0.782. The predicted molar refractivity (Wildman–Crippen MR) is 88.2 cm³/mol. The third-order valence-electron chi connectivity index (χ3n) is 3.86. The topological polar surface area (TPSA) is 64.8 Å². The standard InChI is InChI=1S/C17H18ClFN2O4/c1-21(8-12-3-2-6-23-12)17(22)14-9-25-16(20-14)10-24-15-5-4-11(19)7-13(15)18/h4-5,7,9,12H,2-3,6,8,10H2,1H3/t12-/m1/s1. The average Bonchev–Trinajstić information content (AvgIpc) is 3.25. The highest BCUT2D eigenvalue weighted by molar-refractivity contribution is 6.32. The van der Waals surface area contributed by atoms with Crippen LogP contribution in [0.4, 0.5) is 4.39 Å². The van der Waals surface area contributed by atoms with Crippen LogP contribution in [0.2, 0.25) is 5.02 Å². The fourth-order valence-electron chi connectivity index (χ4n) is 2.58. The molecule has 1 aromatic heterocycles. The second-order valence-corrected chi connectivity index (χ2v) is 6.22. The zero-order chi connectivity index (χ0) is 17.8. The fraction of sp³-hybridized carbons (Fsp3) is 0.412. The number of hydrogen-bond acceptors (Lipinski definition) is 5. The number of amides is 1. The number of likely N-dealkylation sites (N-methyl/N-ethyl adjacent to an activating group) is 1. The predicted octanol–water partition coefficient (Wildman–Crippen LogP) is 3.30. The number of ether oxygens (including phenoxy) is 2. The van der Waals surface area contributed by atoms with Crippen molar-refractivity contribution in [3.8, 4) is 5.75 Å². The number of carbonyl (C=O) groups excluding carboxylic acids is 1. The van der Waals surface area contributed by atoms with Gasteiger partial charge in [-0.25, -0.2) is 9.37 Å². The van der Waals surface area contributed by atoms with Crippen LogP contribution in [-0.2, 0) is 11.3 Å². The first kappa shape index (κ1) is 17.7. The molecule has 0 radical (unpaired) electrons. The van der Waals surface area contributed by atoms with E-state index in [9.17, 15) is 9.18 Å². The van der Waals surface area contributed by atoms with Crippen molar-refractivity contribution >= 4 is 17.5 Å². The Kier molecular flexibility index (Phi) is 5.55. The lowest BCUT2D eigenvalue weighted by molar-refractivity contribution is 0.0582. The zero-order valence-corrected chi connectivity index (χ0v) is 14.5. The van der Waals surface area contributed by atoms with E-state index in [1.807, 2.05) is 0 Å². The van der Waals surface area contributed by atoms with E-state index in [2.05, 4.69) is 4.98 Å². The van der Waals surface area contributed by atoms with Crippen LogP contribution in [-0.4, -0.2) is 42.1 Å². The van der Waals surface area contributed by atoms with E-state index >= 15 is 0 Å². The molecule has 1 aromatic carbocycles. The molecule has 134 valence electrons. The molecule has 6 nitrogen and oxygen atoms in total. The molecule has 0 spiro atoms. The minimum atomic E-state index is -0.448. The molecule has 1 aliphatic heterocycles. The van der Waals surface area contributed by atoms with Gasteiger partial charge in [0.15, 0.2) is 12.3 Å². The lowest BCUT2D eigenvalue weighted by Crippen LogP contribution is -2.34. The Morgan fingerprint density at radius 1 is 1.52 bits per heavy atom. The van der Waals surface area contributed by atoms with E-state index in [-0.39, 0.29) is 35.2 Å². The van der Waals surface area contributed by atoms with E-state index in [0.29, 0.717) is 12.3 Å². The van der Waals surface area contributed by atoms with Gasteiger partial charge in [0.2, 0.25) is 5.89 Å². The molecule has 0 bridgehead atoms. The van der Waals surface area contributed by atoms with Gasteiger partial charge in [0.1, 0.15) is 17.8 Å². The third kappa shape index (κ3) is 4.49. The third-order valence-corrected chi connectivity index (χ3v) is 4.16. The number of rotatable bonds is 6. The first-order valence-corrected chi connectivity index (χ1v) is 8.30. The molecule has 25 heavy (non-hydrogen) atoms. The molecule has 1 amide bonds. The SMILES string of the molecule is CN(C[C@H]1CCCO1)C(=O)c1coc(COc2ccc(F)cc2Cl)n1. The Morgan fingerprint density at radius 2 is 2.36 bits per heavy atom. The number of nitrogens with zero attached hydrogens (tertiary/aromatic N) is 2. The second-order valence-electron chi connectivity index (χ2n) is 5.81. The highest BCUT2D eigenvalue weighted by atomic mass is 35.5. The molecule has 8 heteroatoms. The van der Waals surface area contributed by atoms with Crippen LogP contribution in [0.1, 0.15) is 29.2 Å². The summed E-state index contributed by atoms with van der Waals surface area (Å²) in [5.74, 6) is -0.153. The van der Waals surface area contributed by atoms with Crippen molar-refractivity contribution < 1.29 is 23.1 Å². The van der Waals surface area contributed by atoms with E-state index in [4.69, 9.17) is 25.5 Å². The van der Waals surface area contributed by atoms with Gasteiger partial charge in [0, 0.05) is 20.2 Å². The van der Waals surface area contributed by atoms with Gasteiger partial charge in [-0.1, -0.05) is 11.6 Å². The van der Waals surface area contributed by atoms with E-state index in [1.54, 1.807) is 11.9 Å². The highest BCUT2D eigenvalue weighted by Gasteiger charge is 2.23. The Balaban J connectivity index is 1.56. The lowest BCUT2D eigenvalue weighted by Gasteiger charge is -2.19. The van der Waals surface area contributed by atoms with E-state index in [0.717, 1.165) is 25.5 Å². The summed E-state index contributed by atoms with van der Waals surface area (Å²) in [6.07, 6.45) is 3.33. The van der Waals surface area contributed by atoms with E-state index in [1.165, 1.54) is 18.4 Å². The first-order valence-electron chi connectivity index (χ1n) is 7.92. The van der Waals surface area contributed by atoms with E-state index < -0.39 is 5.82 Å². The van der Waals surface area contributed by atoms with Crippen LogP contribution >= 0.6 is 11.6 Å². The van der Waals surface area contributed by atoms with Crippen molar-refractivity contribution in [2.75, 3.05) is 20.2 Å². The molecule has 1 atom stereocenters. The van der Waals surface area contributed by atoms with Crippen LogP contribution < -0.4 is 4.74 Å². The second kappa shape index (κ2) is 7.84. The Labute approximate surface area is 149 Å². The summed E-state index contributed by atoms with van der Waals surface area (Å²) >= 11 is 5.89. The van der Waals surface area contributed by atoms with Crippen molar-refractivity contribution in [3.05, 3.63) is 46.9 Å². The van der Waals surface area contributed by atoms with Crippen LogP contribution in [0.25, 0.3) is 0 Å². The molecule has 0 N–H and O–H groups in total. The van der Waals surface area contributed by atoms with Gasteiger partial charge in [-0.2, -0.15) is 0 Å². The van der Waals surface area contributed by atoms with Gasteiger partial charge in [-0.3, -0.25) is 4.79 Å². The monoisotopic (exact) mass is 368 g/mol. The summed E-state index contributed by atoms with van der Waals surface area (Å²) in [4.78, 5) is 18.0. The van der Waals surface area contributed by atoms with Gasteiger partial charge in [-0.05, 0) is 31.0 Å². The van der Waals surface area contributed by atoms with Gasteiger partial charge < -0.3 is 18.8 Å². The molecule has 1 aliphatic rings. The highest BCUT2D eigenvalue weighted by Crippen LogP contribution is 2.25. The van der Waals surface area contributed by atoms with Crippen molar-refractivity contribution in [1.82, 2.24) is 9.88 Å². The van der Waals surface area contributed by atoms with Crippen molar-refractivity contribution in [3.63, 3.8) is 0 Å². The summed E-state index contributed by atoms with van der Waals surface area (Å²) in [7, 11) is 1.70. The number of carbonyl (C=O) groups is 1. The fourth-order valence-corrected chi connectivity index (χ4v) is 2.80. The van der Waals surface area contributed by atoms with Crippen molar-refractivity contribution in [2.24, 2.45) is 0 Å². The maximum atomic E-state index is 13.0. The minimum Gasteiger partial charge on any atom is -0.482 e. The normalized spacial score (nSPS) is 16.8. The maximum Gasteiger partial charge on any atom is 0.275 e. The molecule has 2 aromatic rings. The summed E-state index contributed by atoms with van der Waals surface area (Å²) in [5, 5.41) is 0.152. The minimum absolute atomic E-state index is 0.0198. The number of benzene rings is 1. The number of hydrogen-bond donors (Lipinski definition) is 0. The largest absolute Gasteiger partial charge is 0.482 e. The van der Waals surface area contributed by atoms with Crippen molar-refractivity contribution in [2.45, 2.75) is 25.6 Å². The number of oxazole rings is 1.